The van der Waals surface area contributed by atoms with Crippen LogP contribution >= 0.6 is 15.9 Å². The molecule has 0 unspecified atom stereocenters. The van der Waals surface area contributed by atoms with Crippen LogP contribution in [0.25, 0.3) is 0 Å². The molecule has 2 aromatic rings. The summed E-state index contributed by atoms with van der Waals surface area (Å²) in [4.78, 5) is 9.78. The Bertz CT molecular complexity index is 648. The molecule has 5 nitrogen and oxygen atoms in total. The van der Waals surface area contributed by atoms with E-state index in [1.54, 1.807) is 0 Å². The molecule has 0 atom stereocenters. The normalized spacial score (nSPS) is 10.2. The van der Waals surface area contributed by atoms with E-state index in [0.717, 1.165) is 12.1 Å². The first-order valence-electron chi connectivity index (χ1n) is 5.07. The lowest BCUT2D eigenvalue weighted by molar-refractivity contribution is -0.385. The first kappa shape index (κ1) is 13.3. The van der Waals surface area contributed by atoms with Crippen molar-refractivity contribution in [1.82, 2.24) is 0 Å². The Hall–Kier alpha value is -2.15. The number of benzene rings is 2. The summed E-state index contributed by atoms with van der Waals surface area (Å²) < 4.78 is 19.2. The maximum atomic E-state index is 13.6. The smallest absolute Gasteiger partial charge is 0.272 e. The lowest BCUT2D eigenvalue weighted by Crippen LogP contribution is -1.92. The molecule has 0 aromatic heterocycles. The molecule has 98 valence electrons. The van der Waals surface area contributed by atoms with E-state index in [1.807, 2.05) is 0 Å². The molecule has 0 amide bonds. The van der Waals surface area contributed by atoms with E-state index in [0.29, 0.717) is 4.47 Å². The van der Waals surface area contributed by atoms with Crippen molar-refractivity contribution >= 4 is 21.6 Å². The maximum absolute atomic E-state index is 13.6. The number of nitro groups is 1. The van der Waals surface area contributed by atoms with Crippen LogP contribution < -0.4 is 4.74 Å². The summed E-state index contributed by atoms with van der Waals surface area (Å²) in [6, 6.07) is 7.38. The number of rotatable bonds is 3. The molecule has 1 N–H and O–H groups in total. The van der Waals surface area contributed by atoms with Gasteiger partial charge in [-0.1, -0.05) is 0 Å². The van der Waals surface area contributed by atoms with Crippen LogP contribution in [0.4, 0.5) is 10.1 Å². The predicted molar refractivity (Wildman–Crippen MR) is 68.9 cm³/mol. The molecule has 0 bridgehead atoms. The van der Waals surface area contributed by atoms with Gasteiger partial charge in [0.25, 0.3) is 5.69 Å². The second kappa shape index (κ2) is 5.23. The molecule has 0 fully saturated rings. The van der Waals surface area contributed by atoms with E-state index >= 15 is 0 Å². The quantitative estimate of drug-likeness (QED) is 0.683. The lowest BCUT2D eigenvalue weighted by Gasteiger charge is -2.07. The van der Waals surface area contributed by atoms with E-state index in [1.165, 1.54) is 24.3 Å². The van der Waals surface area contributed by atoms with E-state index in [-0.39, 0.29) is 22.9 Å². The molecular weight excluding hydrogens is 321 g/mol. The van der Waals surface area contributed by atoms with Crippen LogP contribution in [0.1, 0.15) is 0 Å². The Balaban J connectivity index is 2.28. The molecule has 0 aliphatic heterocycles. The van der Waals surface area contributed by atoms with Crippen LogP contribution in [-0.2, 0) is 0 Å². The Kier molecular flexibility index (Phi) is 3.66. The standard InChI is InChI=1S/C12H7BrFNO4/c13-9-6-8(2-3-11(9)16)19-12-4-1-7(15(17)18)5-10(12)14/h1-6,16H. The molecule has 0 spiro atoms. The van der Waals surface area contributed by atoms with Crippen molar-refractivity contribution in [1.29, 1.82) is 0 Å². The van der Waals surface area contributed by atoms with Crippen molar-refractivity contribution in [2.24, 2.45) is 0 Å². The van der Waals surface area contributed by atoms with Gasteiger partial charge in [0.2, 0.25) is 0 Å². The fraction of sp³-hybridized carbons (Fsp3) is 0. The zero-order chi connectivity index (χ0) is 14.0. The van der Waals surface area contributed by atoms with Gasteiger partial charge in [-0.2, -0.15) is 0 Å². The number of nitrogens with zero attached hydrogens (tertiary/aromatic N) is 1. The van der Waals surface area contributed by atoms with E-state index in [4.69, 9.17) is 4.74 Å². The highest BCUT2D eigenvalue weighted by Crippen LogP contribution is 2.32. The summed E-state index contributed by atoms with van der Waals surface area (Å²) in [5.41, 5.74) is -0.350. The highest BCUT2D eigenvalue weighted by molar-refractivity contribution is 9.10. The van der Waals surface area contributed by atoms with Crippen LogP contribution in [0.15, 0.2) is 40.9 Å². The van der Waals surface area contributed by atoms with Gasteiger partial charge in [0.15, 0.2) is 11.6 Å². The van der Waals surface area contributed by atoms with Crippen molar-refractivity contribution in [2.45, 2.75) is 0 Å². The molecule has 0 aliphatic rings. The third-order valence-corrected chi connectivity index (χ3v) is 2.91. The first-order valence-corrected chi connectivity index (χ1v) is 5.87. The van der Waals surface area contributed by atoms with Crippen molar-refractivity contribution < 1.29 is 19.2 Å². The number of phenolic OH excluding ortho intramolecular Hbond substituents is 1. The number of phenols is 1. The van der Waals surface area contributed by atoms with E-state index in [9.17, 15) is 19.6 Å². The largest absolute Gasteiger partial charge is 0.507 e. The number of non-ortho nitro benzene ring substituents is 1. The minimum Gasteiger partial charge on any atom is -0.507 e. The Morgan fingerprint density at radius 3 is 2.58 bits per heavy atom. The van der Waals surface area contributed by atoms with Crippen molar-refractivity contribution in [3.63, 3.8) is 0 Å². The van der Waals surface area contributed by atoms with Crippen molar-refractivity contribution in [3.8, 4) is 17.2 Å². The summed E-state index contributed by atoms with van der Waals surface area (Å²) in [7, 11) is 0. The fourth-order valence-electron chi connectivity index (χ4n) is 1.36. The Labute approximate surface area is 115 Å². The van der Waals surface area contributed by atoms with Gasteiger partial charge in [-0.25, -0.2) is 4.39 Å². The number of nitro benzene ring substituents is 1. The Morgan fingerprint density at radius 1 is 1.26 bits per heavy atom. The van der Waals surface area contributed by atoms with Crippen LogP contribution in [0.2, 0.25) is 0 Å². The van der Waals surface area contributed by atoms with Gasteiger partial charge in [0, 0.05) is 6.07 Å². The van der Waals surface area contributed by atoms with Crippen LogP contribution in [-0.4, -0.2) is 10.0 Å². The molecule has 0 saturated carbocycles. The van der Waals surface area contributed by atoms with Gasteiger partial charge in [-0.15, -0.1) is 0 Å². The zero-order valence-electron chi connectivity index (χ0n) is 9.34. The molecular formula is C12H7BrFNO4. The number of halogens is 2. The zero-order valence-corrected chi connectivity index (χ0v) is 10.9. The minimum atomic E-state index is -0.835. The maximum Gasteiger partial charge on any atom is 0.272 e. The summed E-state index contributed by atoms with van der Waals surface area (Å²) in [5, 5.41) is 19.8. The minimum absolute atomic E-state index is 0.0246. The third kappa shape index (κ3) is 3.00. The Morgan fingerprint density at radius 2 is 2.00 bits per heavy atom. The van der Waals surface area contributed by atoms with Crippen LogP contribution in [0, 0.1) is 15.9 Å². The SMILES string of the molecule is O=[N+]([O-])c1ccc(Oc2ccc(O)c(Br)c2)c(F)c1. The van der Waals surface area contributed by atoms with Crippen LogP contribution in [0.3, 0.4) is 0 Å². The summed E-state index contributed by atoms with van der Waals surface area (Å²) in [6.07, 6.45) is 0. The summed E-state index contributed by atoms with van der Waals surface area (Å²) in [6.45, 7) is 0. The summed E-state index contributed by atoms with van der Waals surface area (Å²) >= 11 is 3.10. The predicted octanol–water partition coefficient (Wildman–Crippen LogP) is 3.99. The topological polar surface area (TPSA) is 72.6 Å². The molecule has 0 aliphatic carbocycles. The second-order valence-electron chi connectivity index (χ2n) is 3.59. The van der Waals surface area contributed by atoms with Gasteiger partial charge in [0.05, 0.1) is 15.5 Å². The van der Waals surface area contributed by atoms with E-state index < -0.39 is 10.7 Å². The lowest BCUT2D eigenvalue weighted by atomic mass is 10.3. The monoisotopic (exact) mass is 327 g/mol. The highest BCUT2D eigenvalue weighted by Gasteiger charge is 2.12. The third-order valence-electron chi connectivity index (χ3n) is 2.27. The van der Waals surface area contributed by atoms with E-state index in [2.05, 4.69) is 15.9 Å². The molecule has 7 heteroatoms. The average Bonchev–Trinajstić information content (AvgIpc) is 2.36. The fourth-order valence-corrected chi connectivity index (χ4v) is 1.72. The molecule has 2 rings (SSSR count). The number of ether oxygens (including phenoxy) is 1. The van der Waals surface area contributed by atoms with Gasteiger partial charge < -0.3 is 9.84 Å². The number of hydrogen-bond donors (Lipinski definition) is 1. The average molecular weight is 328 g/mol. The number of hydrogen-bond acceptors (Lipinski definition) is 4. The molecule has 2 aromatic carbocycles. The van der Waals surface area contributed by atoms with Gasteiger partial charge >= 0.3 is 0 Å². The van der Waals surface area contributed by atoms with Gasteiger partial charge in [0.1, 0.15) is 11.5 Å². The summed E-state index contributed by atoms with van der Waals surface area (Å²) in [5.74, 6) is -0.657. The van der Waals surface area contributed by atoms with Crippen LogP contribution in [0.5, 0.6) is 17.2 Å². The molecule has 0 saturated heterocycles. The second-order valence-corrected chi connectivity index (χ2v) is 4.44. The van der Waals surface area contributed by atoms with Crippen molar-refractivity contribution in [2.75, 3.05) is 0 Å². The van der Waals surface area contributed by atoms with Gasteiger partial charge in [-0.05, 0) is 40.2 Å². The molecule has 19 heavy (non-hydrogen) atoms. The number of aromatic hydroxyl groups is 1. The van der Waals surface area contributed by atoms with Crippen molar-refractivity contribution in [3.05, 3.63) is 56.8 Å². The molecule has 0 radical (unpaired) electrons. The van der Waals surface area contributed by atoms with Gasteiger partial charge in [-0.3, -0.25) is 10.1 Å². The first-order chi connectivity index (χ1) is 8.97. The molecule has 0 heterocycles. The highest BCUT2D eigenvalue weighted by atomic mass is 79.9.